The number of ether oxygens (including phenoxy) is 1. The summed E-state index contributed by atoms with van der Waals surface area (Å²) in [7, 11) is 0. The van der Waals surface area contributed by atoms with E-state index in [1.54, 1.807) is 0 Å². The number of hydrogen-bond acceptors (Lipinski definition) is 4. The monoisotopic (exact) mass is 357 g/mol. The van der Waals surface area contributed by atoms with Crippen molar-refractivity contribution in [3.05, 3.63) is 23.8 Å². The Hall–Kier alpha value is -1.75. The molecule has 4 aliphatic rings. The van der Waals surface area contributed by atoms with Crippen molar-refractivity contribution >= 4 is 17.3 Å². The molecule has 0 spiro atoms. The van der Waals surface area contributed by atoms with Crippen LogP contribution in [0, 0.1) is 5.92 Å². The van der Waals surface area contributed by atoms with Crippen molar-refractivity contribution in [2.45, 2.75) is 76.0 Å². The SMILES string of the molecule is CCO[C@H]1CC[C@H](Nc2ccc(C(N)=O)c(NC34CCC(C3)C4)c2)CC1. The molecular weight excluding hydrogens is 326 g/mol. The van der Waals surface area contributed by atoms with E-state index in [0.717, 1.165) is 49.6 Å². The summed E-state index contributed by atoms with van der Waals surface area (Å²) in [5.41, 5.74) is 8.37. The molecule has 1 aromatic carbocycles. The number of carbonyl (C=O) groups excluding carboxylic acids is 1. The number of amides is 1. The first-order valence-corrected chi connectivity index (χ1v) is 10.2. The topological polar surface area (TPSA) is 76.4 Å². The summed E-state index contributed by atoms with van der Waals surface area (Å²) in [6.07, 6.45) is 9.85. The van der Waals surface area contributed by atoms with E-state index in [2.05, 4.69) is 23.6 Å². The molecule has 5 heteroatoms. The van der Waals surface area contributed by atoms with Gasteiger partial charge in [-0.25, -0.2) is 0 Å². The maximum absolute atomic E-state index is 11.9. The highest BCUT2D eigenvalue weighted by Crippen LogP contribution is 2.53. The number of fused-ring (bicyclic) bond motifs is 1. The molecule has 1 aromatic rings. The van der Waals surface area contributed by atoms with E-state index in [-0.39, 0.29) is 11.4 Å². The first-order valence-electron chi connectivity index (χ1n) is 10.2. The van der Waals surface area contributed by atoms with E-state index in [4.69, 9.17) is 10.5 Å². The van der Waals surface area contributed by atoms with Crippen LogP contribution in [0.3, 0.4) is 0 Å². The second kappa shape index (κ2) is 7.10. The third kappa shape index (κ3) is 3.54. The van der Waals surface area contributed by atoms with Gasteiger partial charge < -0.3 is 21.1 Å². The van der Waals surface area contributed by atoms with Gasteiger partial charge in [0.2, 0.25) is 0 Å². The normalized spacial score (nSPS) is 32.7. The van der Waals surface area contributed by atoms with Gasteiger partial charge in [0.25, 0.3) is 5.91 Å². The van der Waals surface area contributed by atoms with Crippen LogP contribution in [0.2, 0.25) is 0 Å². The van der Waals surface area contributed by atoms with Gasteiger partial charge in [0.15, 0.2) is 0 Å². The van der Waals surface area contributed by atoms with E-state index in [1.165, 1.54) is 25.7 Å². The Balaban J connectivity index is 1.44. The Morgan fingerprint density at radius 1 is 1.23 bits per heavy atom. The van der Waals surface area contributed by atoms with Crippen LogP contribution in [0.15, 0.2) is 18.2 Å². The van der Waals surface area contributed by atoms with E-state index >= 15 is 0 Å². The van der Waals surface area contributed by atoms with Gasteiger partial charge in [-0.3, -0.25) is 4.79 Å². The molecule has 26 heavy (non-hydrogen) atoms. The van der Waals surface area contributed by atoms with Gasteiger partial charge in [-0.15, -0.1) is 0 Å². The Kier molecular flexibility index (Phi) is 4.82. The van der Waals surface area contributed by atoms with Crippen LogP contribution in [0.25, 0.3) is 0 Å². The molecular formula is C21H31N3O2. The fraction of sp³-hybridized carbons (Fsp3) is 0.667. The van der Waals surface area contributed by atoms with Crippen LogP contribution in [-0.4, -0.2) is 30.2 Å². The smallest absolute Gasteiger partial charge is 0.250 e. The Labute approximate surface area is 156 Å². The summed E-state index contributed by atoms with van der Waals surface area (Å²) in [6.45, 7) is 2.86. The number of anilines is 2. The number of nitrogens with two attached hydrogens (primary N) is 1. The number of benzene rings is 1. The van der Waals surface area contributed by atoms with E-state index in [9.17, 15) is 4.79 Å². The van der Waals surface area contributed by atoms with Crippen LogP contribution in [0.5, 0.6) is 0 Å². The highest BCUT2D eigenvalue weighted by Gasteiger charge is 2.50. The molecule has 4 N–H and O–H groups in total. The van der Waals surface area contributed by atoms with Gasteiger partial charge in [-0.1, -0.05) is 0 Å². The van der Waals surface area contributed by atoms with Crippen LogP contribution >= 0.6 is 0 Å². The first kappa shape index (κ1) is 17.7. The third-order valence-corrected chi connectivity index (χ3v) is 6.52. The molecule has 4 aliphatic carbocycles. The highest BCUT2D eigenvalue weighted by atomic mass is 16.5. The zero-order valence-electron chi connectivity index (χ0n) is 15.7. The van der Waals surface area contributed by atoms with Crippen molar-refractivity contribution in [3.8, 4) is 0 Å². The van der Waals surface area contributed by atoms with Gasteiger partial charge in [0.05, 0.1) is 11.7 Å². The van der Waals surface area contributed by atoms with Gasteiger partial charge in [0, 0.05) is 29.6 Å². The molecule has 142 valence electrons. The zero-order valence-corrected chi connectivity index (χ0v) is 15.7. The number of hydrogen-bond donors (Lipinski definition) is 3. The number of primary amides is 1. The molecule has 5 nitrogen and oxygen atoms in total. The molecule has 0 saturated heterocycles. The van der Waals surface area contributed by atoms with Crippen molar-refractivity contribution in [2.24, 2.45) is 11.7 Å². The average molecular weight is 357 g/mol. The summed E-state index contributed by atoms with van der Waals surface area (Å²) in [4.78, 5) is 11.9. The van der Waals surface area contributed by atoms with Gasteiger partial charge in [0.1, 0.15) is 0 Å². The maximum Gasteiger partial charge on any atom is 0.250 e. The van der Waals surface area contributed by atoms with Gasteiger partial charge in [-0.05, 0) is 82.4 Å². The predicted octanol–water partition coefficient (Wildman–Crippen LogP) is 3.90. The van der Waals surface area contributed by atoms with Crippen molar-refractivity contribution in [1.29, 1.82) is 0 Å². The van der Waals surface area contributed by atoms with Crippen molar-refractivity contribution in [1.82, 2.24) is 0 Å². The van der Waals surface area contributed by atoms with Crippen molar-refractivity contribution < 1.29 is 9.53 Å². The Morgan fingerprint density at radius 3 is 2.62 bits per heavy atom. The van der Waals surface area contributed by atoms with Crippen molar-refractivity contribution in [2.75, 3.05) is 17.2 Å². The Bertz CT molecular complexity index is 656. The number of nitrogens with one attached hydrogen (secondary N) is 2. The van der Waals surface area contributed by atoms with Gasteiger partial charge >= 0.3 is 0 Å². The fourth-order valence-electron chi connectivity index (χ4n) is 5.18. The lowest BCUT2D eigenvalue weighted by Crippen LogP contribution is -2.43. The molecule has 0 unspecified atom stereocenters. The van der Waals surface area contributed by atoms with Crippen LogP contribution in [-0.2, 0) is 4.74 Å². The molecule has 0 aromatic heterocycles. The highest BCUT2D eigenvalue weighted by molar-refractivity contribution is 5.99. The molecule has 0 aliphatic heterocycles. The zero-order chi connectivity index (χ0) is 18.1. The number of carbonyl (C=O) groups is 1. The lowest BCUT2D eigenvalue weighted by Gasteiger charge is -2.40. The van der Waals surface area contributed by atoms with Crippen LogP contribution < -0.4 is 16.4 Å². The quantitative estimate of drug-likeness (QED) is 0.692. The van der Waals surface area contributed by atoms with Gasteiger partial charge in [-0.2, -0.15) is 0 Å². The van der Waals surface area contributed by atoms with Crippen molar-refractivity contribution in [3.63, 3.8) is 0 Å². The standard InChI is InChI=1S/C21H31N3O2/c1-2-26-17-6-3-15(4-7-17)23-16-5-8-18(20(22)25)19(11-16)24-21-10-9-14(12-21)13-21/h5,8,11,14-15,17,23-24H,2-4,6-7,9-10,12-13H2,1H3,(H2,22,25)/t14?,15-,17-,21?. The molecule has 1 amide bonds. The second-order valence-corrected chi connectivity index (χ2v) is 8.42. The largest absolute Gasteiger partial charge is 0.382 e. The molecule has 4 saturated carbocycles. The van der Waals surface area contributed by atoms with E-state index < -0.39 is 0 Å². The first-order chi connectivity index (χ1) is 12.6. The summed E-state index contributed by atoms with van der Waals surface area (Å²) in [5, 5.41) is 7.33. The fourth-order valence-corrected chi connectivity index (χ4v) is 5.18. The summed E-state index contributed by atoms with van der Waals surface area (Å²) in [6, 6.07) is 6.39. The molecule has 0 radical (unpaired) electrons. The molecule has 4 fully saturated rings. The minimum absolute atomic E-state index is 0.197. The lowest BCUT2D eigenvalue weighted by atomic mass is 9.77. The molecule has 0 atom stereocenters. The second-order valence-electron chi connectivity index (χ2n) is 8.42. The summed E-state index contributed by atoms with van der Waals surface area (Å²) < 4.78 is 5.74. The maximum atomic E-state index is 11.9. The average Bonchev–Trinajstić information content (AvgIpc) is 3.17. The molecule has 0 heterocycles. The molecule has 5 rings (SSSR count). The minimum Gasteiger partial charge on any atom is -0.382 e. The van der Waals surface area contributed by atoms with E-state index in [1.807, 2.05) is 12.1 Å². The number of rotatable bonds is 7. The molecule has 2 bridgehead atoms. The predicted molar refractivity (Wildman–Crippen MR) is 105 cm³/mol. The Morgan fingerprint density at radius 2 is 2.00 bits per heavy atom. The third-order valence-electron chi connectivity index (χ3n) is 6.52. The lowest BCUT2D eigenvalue weighted by molar-refractivity contribution is 0.0346. The minimum atomic E-state index is -0.360. The van der Waals surface area contributed by atoms with Crippen LogP contribution in [0.4, 0.5) is 11.4 Å². The summed E-state index contributed by atoms with van der Waals surface area (Å²) >= 11 is 0. The summed E-state index contributed by atoms with van der Waals surface area (Å²) in [5.74, 6) is 0.517. The van der Waals surface area contributed by atoms with E-state index in [0.29, 0.717) is 17.7 Å². The van der Waals surface area contributed by atoms with Crippen LogP contribution in [0.1, 0.15) is 68.6 Å².